The van der Waals surface area contributed by atoms with Gasteiger partial charge in [-0.25, -0.2) is 24.4 Å². The van der Waals surface area contributed by atoms with E-state index in [-0.39, 0.29) is 35.6 Å². The van der Waals surface area contributed by atoms with Crippen LogP contribution in [0.2, 0.25) is 0 Å². The molecule has 2 saturated heterocycles. The smallest absolute Gasteiger partial charge is 0.335 e. The first kappa shape index (κ1) is 55.6. The maximum absolute atomic E-state index is 13.1. The Morgan fingerprint density at radius 1 is 0.649 bits per heavy atom. The van der Waals surface area contributed by atoms with Crippen molar-refractivity contribution in [2.75, 3.05) is 34.8 Å². The number of aryl methyl sites for hydroxylation is 2. The summed E-state index contributed by atoms with van der Waals surface area (Å²) in [5.74, 6) is 0.467. The average Bonchev–Trinajstić information content (AvgIpc) is 4.30. The predicted octanol–water partition coefficient (Wildman–Crippen LogP) is 13.6. The molecule has 0 radical (unpaired) electrons. The molecular weight excluding hydrogens is 1000 g/mol. The number of hydrogen-bond donors (Lipinski definition) is 5. The molecule has 6 aromatic rings. The van der Waals surface area contributed by atoms with Crippen molar-refractivity contribution in [3.05, 3.63) is 152 Å². The zero-order valence-corrected chi connectivity index (χ0v) is 45.6. The molecule has 4 aliphatic rings. The maximum atomic E-state index is 13.1. The quantitative estimate of drug-likeness (QED) is 0.0734. The molecule has 4 heterocycles. The molecule has 77 heavy (non-hydrogen) atoms. The number of aromatic nitrogens is 2. The third kappa shape index (κ3) is 14.9. The van der Waals surface area contributed by atoms with E-state index in [2.05, 4.69) is 40.9 Å². The summed E-state index contributed by atoms with van der Waals surface area (Å²) in [6.45, 7) is 5.76. The van der Waals surface area contributed by atoms with Crippen LogP contribution < -0.4 is 21.7 Å². The van der Waals surface area contributed by atoms with Gasteiger partial charge >= 0.3 is 18.0 Å². The number of nitrogens with two attached hydrogens (primary N) is 1. The van der Waals surface area contributed by atoms with Crippen molar-refractivity contribution >= 4 is 68.3 Å². The summed E-state index contributed by atoms with van der Waals surface area (Å²) in [7, 11) is 0. The predicted molar refractivity (Wildman–Crippen MR) is 304 cm³/mol. The molecule has 6 N–H and O–H groups in total. The average molecular weight is 1070 g/mol. The normalized spacial score (nSPS) is 18.2. The molecule has 2 aliphatic heterocycles. The standard InChI is InChI=1S/C30H33N5O2S.C19H17N3O3.C11H18N2S/c1-2-3-6-20-12-15-25-27(17-20)38-29(33-25)34-28(36)23-8-4-7-22(18-23)26-9-5-16-35(26)30(37)32-24-13-10-21(19-31)11-14-24;20-12-13-6-8-16(9-7-13)21-19(25)22-10-2-5-17(22)14-3-1-4-15(11-14)18(23)24;1-2-3-4-8-5-6-9-10(7-8)14-11(12)13-9/h4,7-8,10-11,13-14,18,20,26H,2-3,5-6,9,12,15-17H2,1H3,(H,32,37)(H,33,34,36);1,3-4,6-9,11,17H,2,5,10H2,(H,21,25)(H,23,24);8H,2-7H2,1H3,(H2,12,13)/t20-,26+;17-;8-/m010/s1. The highest BCUT2D eigenvalue weighted by molar-refractivity contribution is 7.16. The van der Waals surface area contributed by atoms with Crippen LogP contribution in [0.3, 0.4) is 0 Å². The molecule has 17 heteroatoms. The summed E-state index contributed by atoms with van der Waals surface area (Å²) < 4.78 is 0. The van der Waals surface area contributed by atoms with Crippen molar-refractivity contribution in [2.24, 2.45) is 11.8 Å². The summed E-state index contributed by atoms with van der Waals surface area (Å²) in [6, 6.07) is 31.2. The summed E-state index contributed by atoms with van der Waals surface area (Å²) in [5.41, 5.74) is 13.0. The van der Waals surface area contributed by atoms with E-state index in [0.29, 0.717) is 46.3 Å². The van der Waals surface area contributed by atoms with Gasteiger partial charge in [0.05, 0.1) is 52.3 Å². The number of nitrogens with zero attached hydrogens (tertiary/aromatic N) is 6. The summed E-state index contributed by atoms with van der Waals surface area (Å²) in [4.78, 5) is 65.4. The van der Waals surface area contributed by atoms with E-state index >= 15 is 0 Å². The Kier molecular flexibility index (Phi) is 19.5. The monoisotopic (exact) mass is 1070 g/mol. The van der Waals surface area contributed by atoms with E-state index in [4.69, 9.17) is 26.3 Å². The van der Waals surface area contributed by atoms with Gasteiger partial charge in [0.15, 0.2) is 10.3 Å². The lowest BCUT2D eigenvalue weighted by Crippen LogP contribution is -2.34. The molecule has 2 fully saturated rings. The Labute approximate surface area is 459 Å². The van der Waals surface area contributed by atoms with Crippen molar-refractivity contribution in [1.82, 2.24) is 19.8 Å². The van der Waals surface area contributed by atoms with Gasteiger partial charge < -0.3 is 31.3 Å². The van der Waals surface area contributed by atoms with Crippen LogP contribution >= 0.6 is 22.7 Å². The van der Waals surface area contributed by atoms with Gasteiger partial charge in [-0.3, -0.25) is 10.1 Å². The lowest BCUT2D eigenvalue weighted by Gasteiger charge is -2.25. The van der Waals surface area contributed by atoms with Gasteiger partial charge in [-0.15, -0.1) is 22.7 Å². The Bertz CT molecular complexity index is 3090. The van der Waals surface area contributed by atoms with E-state index in [1.807, 2.05) is 41.3 Å². The molecule has 15 nitrogen and oxygen atoms in total. The molecule has 5 amide bonds. The second kappa shape index (κ2) is 26.9. The van der Waals surface area contributed by atoms with Gasteiger partial charge in [0.25, 0.3) is 5.91 Å². The van der Waals surface area contributed by atoms with Crippen LogP contribution in [0.1, 0.15) is 167 Å². The molecule has 0 saturated carbocycles. The number of urea groups is 2. The fourth-order valence-corrected chi connectivity index (χ4v) is 12.8. The first-order valence-electron chi connectivity index (χ1n) is 27.0. The van der Waals surface area contributed by atoms with Gasteiger partial charge in [-0.2, -0.15) is 10.5 Å². The van der Waals surface area contributed by atoms with Gasteiger partial charge in [-0.1, -0.05) is 76.6 Å². The van der Waals surface area contributed by atoms with Crippen LogP contribution in [0.5, 0.6) is 0 Å². The van der Waals surface area contributed by atoms with Crippen molar-refractivity contribution < 1.29 is 24.3 Å². The van der Waals surface area contributed by atoms with Crippen LogP contribution in [0.4, 0.5) is 31.2 Å². The van der Waals surface area contributed by atoms with Crippen LogP contribution in [-0.2, 0) is 25.7 Å². The zero-order valence-electron chi connectivity index (χ0n) is 43.9. The van der Waals surface area contributed by atoms with Crippen molar-refractivity contribution in [3.63, 3.8) is 0 Å². The lowest BCUT2D eigenvalue weighted by molar-refractivity contribution is 0.0696. The number of amides is 5. The minimum atomic E-state index is -0.978. The van der Waals surface area contributed by atoms with E-state index in [1.165, 1.54) is 73.2 Å². The number of carboxylic acids is 1. The van der Waals surface area contributed by atoms with Crippen molar-refractivity contribution in [1.29, 1.82) is 10.5 Å². The highest BCUT2D eigenvalue weighted by Gasteiger charge is 2.32. The number of carboxylic acid groups (broad SMARTS) is 1. The van der Waals surface area contributed by atoms with Gasteiger partial charge in [0, 0.05) is 39.8 Å². The molecule has 2 aromatic heterocycles. The second-order valence-electron chi connectivity index (χ2n) is 20.3. The topological polar surface area (TPSA) is 230 Å². The minimum absolute atomic E-state index is 0.103. The number of anilines is 4. The van der Waals surface area contributed by atoms with Crippen molar-refractivity contribution in [3.8, 4) is 12.1 Å². The van der Waals surface area contributed by atoms with Crippen LogP contribution in [0.15, 0.2) is 97.1 Å². The molecule has 2 aliphatic carbocycles. The number of nitrogens with one attached hydrogen (secondary N) is 3. The molecular formula is C60H68N10O5S2. The van der Waals surface area contributed by atoms with Gasteiger partial charge in [0.1, 0.15) is 0 Å². The lowest BCUT2D eigenvalue weighted by atomic mass is 9.87. The number of fused-ring (bicyclic) bond motifs is 2. The molecule has 400 valence electrons. The zero-order chi connectivity index (χ0) is 54.3. The van der Waals surface area contributed by atoms with Gasteiger partial charge in [-0.05, 0) is 160 Å². The molecule has 0 unspecified atom stereocenters. The SMILES string of the molecule is CCCC[C@H]1CCc2nc(N)sc2C1.CCCC[C@H]1CCc2nc(NC(=O)c3cccc([C@H]4CCCN4C(=O)Nc4ccc(C#N)cc4)c3)sc2C1.N#Cc1ccc(NC(=O)N2CCC[C@@H]2c2cccc(C(=O)O)c2)cc1. The highest BCUT2D eigenvalue weighted by Crippen LogP contribution is 2.37. The fraction of sp³-hybridized carbons (Fsp3) is 0.400. The number of aromatic carboxylic acids is 1. The molecule has 0 bridgehead atoms. The van der Waals surface area contributed by atoms with E-state index in [1.54, 1.807) is 94.3 Å². The number of carbonyl (C=O) groups excluding carboxylic acids is 3. The summed E-state index contributed by atoms with van der Waals surface area (Å²) in [5, 5.41) is 37.2. The third-order valence-electron chi connectivity index (χ3n) is 14.9. The van der Waals surface area contributed by atoms with Gasteiger partial charge in [0.2, 0.25) is 0 Å². The number of nitrogen functional groups attached to an aromatic ring is 1. The number of likely N-dealkylation sites (tertiary alicyclic amines) is 2. The maximum Gasteiger partial charge on any atom is 0.335 e. The number of nitriles is 2. The van der Waals surface area contributed by atoms with E-state index in [9.17, 15) is 19.2 Å². The minimum Gasteiger partial charge on any atom is -0.478 e. The third-order valence-corrected chi connectivity index (χ3v) is 16.8. The molecule has 4 atom stereocenters. The van der Waals surface area contributed by atoms with Crippen LogP contribution in [-0.4, -0.2) is 61.9 Å². The van der Waals surface area contributed by atoms with Crippen LogP contribution in [0, 0.1) is 34.5 Å². The fourth-order valence-electron chi connectivity index (χ4n) is 10.7. The Morgan fingerprint density at radius 3 is 1.62 bits per heavy atom. The summed E-state index contributed by atoms with van der Waals surface area (Å²) >= 11 is 3.30. The first-order chi connectivity index (χ1) is 37.4. The number of rotatable bonds is 13. The van der Waals surface area contributed by atoms with Crippen molar-refractivity contribution in [2.45, 2.75) is 129 Å². The highest BCUT2D eigenvalue weighted by atomic mass is 32.1. The second-order valence-corrected chi connectivity index (χ2v) is 22.5. The molecule has 10 rings (SSSR count). The van der Waals surface area contributed by atoms with E-state index < -0.39 is 5.97 Å². The molecule has 0 spiro atoms. The Morgan fingerprint density at radius 2 is 1.13 bits per heavy atom. The Balaban J connectivity index is 0.000000171. The largest absolute Gasteiger partial charge is 0.478 e. The number of benzene rings is 4. The first-order valence-corrected chi connectivity index (χ1v) is 28.7. The Hall–Kier alpha value is -7.60. The van der Waals surface area contributed by atoms with Crippen LogP contribution in [0.25, 0.3) is 0 Å². The number of thiazole rings is 2. The number of unbranched alkanes of at least 4 members (excludes halogenated alkanes) is 2. The summed E-state index contributed by atoms with van der Waals surface area (Å²) in [6.07, 6.45) is 18.2. The molecule has 4 aromatic carbocycles. The number of carbonyl (C=O) groups is 4. The number of hydrogen-bond acceptors (Lipinski definition) is 11. The van der Waals surface area contributed by atoms with E-state index in [0.717, 1.165) is 78.7 Å².